The minimum absolute atomic E-state index is 0.0164. The van der Waals surface area contributed by atoms with Gasteiger partial charge in [-0.15, -0.1) is 0 Å². The first-order valence-electron chi connectivity index (χ1n) is 6.28. The van der Waals surface area contributed by atoms with Crippen LogP contribution in [0, 0.1) is 0 Å². The number of imidazole rings is 1. The maximum atomic E-state index is 5.53. The minimum atomic E-state index is -0.0164. The molecule has 18 heavy (non-hydrogen) atoms. The predicted molar refractivity (Wildman–Crippen MR) is 73.4 cm³/mol. The third-order valence-electron chi connectivity index (χ3n) is 2.79. The summed E-state index contributed by atoms with van der Waals surface area (Å²) in [5.41, 5.74) is 7.59. The lowest BCUT2D eigenvalue weighted by Crippen LogP contribution is -2.24. The lowest BCUT2D eigenvalue weighted by atomic mass is 10.1. The van der Waals surface area contributed by atoms with E-state index >= 15 is 0 Å². The van der Waals surface area contributed by atoms with Crippen molar-refractivity contribution in [2.24, 2.45) is 5.73 Å². The molecule has 0 fully saturated rings. The molecule has 0 bridgehead atoms. The number of benzene rings is 1. The van der Waals surface area contributed by atoms with E-state index in [4.69, 9.17) is 10.5 Å². The van der Waals surface area contributed by atoms with Crippen molar-refractivity contribution in [3.05, 3.63) is 30.1 Å². The van der Waals surface area contributed by atoms with Gasteiger partial charge in [0.15, 0.2) is 0 Å². The largest absolute Gasteiger partial charge is 0.372 e. The molecule has 4 nitrogen and oxygen atoms in total. The van der Waals surface area contributed by atoms with Crippen molar-refractivity contribution in [2.45, 2.75) is 32.9 Å². The summed E-state index contributed by atoms with van der Waals surface area (Å²) >= 11 is 0. The third-order valence-corrected chi connectivity index (χ3v) is 2.79. The highest BCUT2D eigenvalue weighted by molar-refractivity contribution is 5.76. The zero-order valence-electron chi connectivity index (χ0n) is 11.3. The van der Waals surface area contributed by atoms with Gasteiger partial charge in [-0.2, -0.15) is 0 Å². The number of aromatic nitrogens is 2. The highest BCUT2D eigenvalue weighted by Crippen LogP contribution is 2.25. The van der Waals surface area contributed by atoms with Crippen LogP contribution in [0.5, 0.6) is 0 Å². The number of rotatable bonds is 4. The average Bonchev–Trinajstić information content (AvgIpc) is 2.67. The van der Waals surface area contributed by atoms with E-state index in [9.17, 15) is 0 Å². The van der Waals surface area contributed by atoms with Crippen LogP contribution in [-0.2, 0) is 16.9 Å². The van der Waals surface area contributed by atoms with E-state index in [-0.39, 0.29) is 5.54 Å². The fraction of sp³-hybridized carbons (Fsp3) is 0.500. The Hall–Kier alpha value is -1.39. The van der Waals surface area contributed by atoms with Crippen LogP contribution in [0.2, 0.25) is 0 Å². The number of fused-ring (bicyclic) bond motifs is 1. The first-order chi connectivity index (χ1) is 8.54. The Labute approximate surface area is 108 Å². The zero-order valence-corrected chi connectivity index (χ0v) is 11.3. The molecule has 0 atom stereocenters. The molecule has 0 radical (unpaired) electrons. The summed E-state index contributed by atoms with van der Waals surface area (Å²) in [5, 5.41) is 0. The predicted octanol–water partition coefficient (Wildman–Crippen LogP) is 2.27. The molecule has 1 aromatic carbocycles. The molecule has 2 aromatic rings. The molecule has 98 valence electrons. The monoisotopic (exact) mass is 247 g/mol. The quantitative estimate of drug-likeness (QED) is 0.843. The van der Waals surface area contributed by atoms with Crippen molar-refractivity contribution in [3.63, 3.8) is 0 Å². The molecule has 0 aliphatic rings. The van der Waals surface area contributed by atoms with Crippen molar-refractivity contribution in [1.82, 2.24) is 9.55 Å². The van der Waals surface area contributed by atoms with Crippen molar-refractivity contribution < 1.29 is 4.74 Å². The minimum Gasteiger partial charge on any atom is -0.372 e. The van der Waals surface area contributed by atoms with E-state index in [0.717, 1.165) is 16.9 Å². The topological polar surface area (TPSA) is 53.1 Å². The number of nitrogens with two attached hydrogens (primary N) is 1. The molecule has 2 N–H and O–H groups in total. The number of hydrogen-bond donors (Lipinski definition) is 1. The smallest absolute Gasteiger partial charge is 0.136 e. The third kappa shape index (κ3) is 2.54. The van der Waals surface area contributed by atoms with Gasteiger partial charge in [0.2, 0.25) is 0 Å². The van der Waals surface area contributed by atoms with Gasteiger partial charge >= 0.3 is 0 Å². The number of ether oxygens (including phenoxy) is 1. The van der Waals surface area contributed by atoms with Gasteiger partial charge in [-0.1, -0.05) is 12.1 Å². The lowest BCUT2D eigenvalue weighted by molar-refractivity contribution is 0.117. The normalized spacial score (nSPS) is 12.2. The Morgan fingerprint density at radius 1 is 1.28 bits per heavy atom. The summed E-state index contributed by atoms with van der Waals surface area (Å²) in [5.74, 6) is 0.956. The van der Waals surface area contributed by atoms with E-state index in [0.29, 0.717) is 19.8 Å². The van der Waals surface area contributed by atoms with Gasteiger partial charge in [0.25, 0.3) is 0 Å². The Kier molecular flexibility index (Phi) is 3.68. The molecule has 0 unspecified atom stereocenters. The Morgan fingerprint density at radius 3 is 2.67 bits per heavy atom. The van der Waals surface area contributed by atoms with Crippen LogP contribution in [0.1, 0.15) is 26.6 Å². The van der Waals surface area contributed by atoms with Crippen molar-refractivity contribution in [1.29, 1.82) is 0 Å². The van der Waals surface area contributed by atoms with Crippen LogP contribution in [0.15, 0.2) is 24.3 Å². The molecule has 2 rings (SSSR count). The summed E-state index contributed by atoms with van der Waals surface area (Å²) < 4.78 is 7.76. The van der Waals surface area contributed by atoms with Gasteiger partial charge in [0, 0.05) is 12.1 Å². The summed E-state index contributed by atoms with van der Waals surface area (Å²) in [7, 11) is 0. The molecule has 0 aliphatic carbocycles. The van der Waals surface area contributed by atoms with Gasteiger partial charge in [0.1, 0.15) is 12.4 Å². The molecule has 1 heterocycles. The van der Waals surface area contributed by atoms with E-state index in [1.165, 1.54) is 0 Å². The van der Waals surface area contributed by atoms with Crippen LogP contribution in [0.4, 0.5) is 0 Å². The molecule has 0 aliphatic heterocycles. The SMILES string of the molecule is CC(C)(C)n1c(COCCN)nc2ccccc21. The molecule has 0 saturated carbocycles. The van der Waals surface area contributed by atoms with E-state index in [2.05, 4.69) is 36.4 Å². The summed E-state index contributed by atoms with van der Waals surface area (Å²) in [4.78, 5) is 4.65. The van der Waals surface area contributed by atoms with Gasteiger partial charge in [-0.25, -0.2) is 4.98 Å². The van der Waals surface area contributed by atoms with Gasteiger partial charge < -0.3 is 15.0 Å². The second-order valence-electron chi connectivity index (χ2n) is 5.36. The van der Waals surface area contributed by atoms with Crippen molar-refractivity contribution in [2.75, 3.05) is 13.2 Å². The first kappa shape index (κ1) is 13.1. The summed E-state index contributed by atoms with van der Waals surface area (Å²) in [6, 6.07) is 8.17. The van der Waals surface area contributed by atoms with Crippen molar-refractivity contribution in [3.8, 4) is 0 Å². The second-order valence-corrected chi connectivity index (χ2v) is 5.36. The number of nitrogens with zero attached hydrogens (tertiary/aromatic N) is 2. The second kappa shape index (κ2) is 5.08. The van der Waals surface area contributed by atoms with Crippen LogP contribution in [-0.4, -0.2) is 22.7 Å². The molecule has 0 saturated heterocycles. The molecular weight excluding hydrogens is 226 g/mol. The van der Waals surface area contributed by atoms with Gasteiger partial charge in [-0.05, 0) is 32.9 Å². The highest BCUT2D eigenvalue weighted by atomic mass is 16.5. The number of hydrogen-bond acceptors (Lipinski definition) is 3. The van der Waals surface area contributed by atoms with Gasteiger partial charge in [-0.3, -0.25) is 0 Å². The fourth-order valence-electron chi connectivity index (χ4n) is 2.17. The van der Waals surface area contributed by atoms with Crippen LogP contribution in [0.25, 0.3) is 11.0 Å². The first-order valence-corrected chi connectivity index (χ1v) is 6.28. The molecule has 1 aromatic heterocycles. The molecule has 4 heteroatoms. The van der Waals surface area contributed by atoms with E-state index < -0.39 is 0 Å². The van der Waals surface area contributed by atoms with Crippen LogP contribution in [0.3, 0.4) is 0 Å². The summed E-state index contributed by atoms with van der Waals surface area (Å²) in [6.07, 6.45) is 0. The lowest BCUT2D eigenvalue weighted by Gasteiger charge is -2.24. The molecular formula is C14H21N3O. The van der Waals surface area contributed by atoms with Crippen LogP contribution < -0.4 is 5.73 Å². The maximum Gasteiger partial charge on any atom is 0.136 e. The van der Waals surface area contributed by atoms with E-state index in [1.807, 2.05) is 18.2 Å². The standard InChI is InChI=1S/C14H21N3O/c1-14(2,3)17-12-7-5-4-6-11(12)16-13(17)10-18-9-8-15/h4-7H,8-10,15H2,1-3H3. The highest BCUT2D eigenvalue weighted by Gasteiger charge is 2.20. The maximum absolute atomic E-state index is 5.53. The van der Waals surface area contributed by atoms with Crippen molar-refractivity contribution >= 4 is 11.0 Å². The average molecular weight is 247 g/mol. The summed E-state index contributed by atoms with van der Waals surface area (Å²) in [6.45, 7) is 8.13. The Balaban J connectivity index is 2.44. The van der Waals surface area contributed by atoms with E-state index in [1.54, 1.807) is 0 Å². The molecule has 0 spiro atoms. The van der Waals surface area contributed by atoms with Gasteiger partial charge in [0.05, 0.1) is 17.6 Å². The zero-order chi connectivity index (χ0) is 13.2. The molecule has 0 amide bonds. The number of para-hydroxylation sites is 2. The Bertz CT molecular complexity index is 525. The fourth-order valence-corrected chi connectivity index (χ4v) is 2.17. The Morgan fingerprint density at radius 2 is 2.00 bits per heavy atom. The van der Waals surface area contributed by atoms with Crippen LogP contribution >= 0.6 is 0 Å².